The lowest BCUT2D eigenvalue weighted by Crippen LogP contribution is -2.57. The number of hydrogen-bond donors (Lipinski definition) is 0. The second kappa shape index (κ2) is 3.27. The molecule has 13 heavy (non-hydrogen) atoms. The minimum Gasteiger partial charge on any atom is -0.296 e. The monoisotopic (exact) mass is 185 g/mol. The van der Waals surface area contributed by atoms with Crippen LogP contribution in [-0.4, -0.2) is 23.0 Å². The van der Waals surface area contributed by atoms with Crippen LogP contribution in [0.3, 0.4) is 0 Å². The number of hydrogen-bond acceptors (Lipinski definition) is 1. The van der Waals surface area contributed by atoms with Gasteiger partial charge in [0.2, 0.25) is 0 Å². The zero-order valence-electron chi connectivity index (χ0n) is 10.9. The van der Waals surface area contributed by atoms with Gasteiger partial charge in [-0.05, 0) is 47.1 Å². The molecule has 0 aliphatic carbocycles. The summed E-state index contributed by atoms with van der Waals surface area (Å²) >= 11 is 0. The van der Waals surface area contributed by atoms with Gasteiger partial charge in [-0.15, -0.1) is 0 Å². The Balaban J connectivity index is 4.86. The molecule has 80 valence electrons. The van der Waals surface area contributed by atoms with Crippen LogP contribution in [0.1, 0.15) is 55.4 Å². The van der Waals surface area contributed by atoms with Gasteiger partial charge in [0.05, 0.1) is 0 Å². The van der Waals surface area contributed by atoms with Crippen molar-refractivity contribution in [1.29, 1.82) is 0 Å². The van der Waals surface area contributed by atoms with Gasteiger partial charge >= 0.3 is 0 Å². The first kappa shape index (κ1) is 13.0. The summed E-state index contributed by atoms with van der Waals surface area (Å²) in [6.07, 6.45) is 0. The molecule has 1 heteroatoms. The highest BCUT2D eigenvalue weighted by atomic mass is 15.2. The standard InChI is InChI=1S/C12H27N/c1-10(2,3)12(7,8)13(9)11(4,5)6/h1-9H3. The van der Waals surface area contributed by atoms with Gasteiger partial charge in [0, 0.05) is 11.1 Å². The summed E-state index contributed by atoms with van der Waals surface area (Å²) in [6, 6.07) is 0. The van der Waals surface area contributed by atoms with E-state index in [4.69, 9.17) is 0 Å². The molecule has 0 spiro atoms. The summed E-state index contributed by atoms with van der Waals surface area (Å²) in [5.74, 6) is 0. The van der Waals surface area contributed by atoms with Crippen LogP contribution in [-0.2, 0) is 0 Å². The molecule has 0 saturated carbocycles. The van der Waals surface area contributed by atoms with Crippen molar-refractivity contribution in [1.82, 2.24) is 4.90 Å². The molecule has 0 fully saturated rings. The van der Waals surface area contributed by atoms with Crippen molar-refractivity contribution < 1.29 is 0 Å². The Bertz CT molecular complexity index is 167. The highest BCUT2D eigenvalue weighted by Gasteiger charge is 2.40. The lowest BCUT2D eigenvalue weighted by molar-refractivity contribution is -0.0181. The van der Waals surface area contributed by atoms with Crippen LogP contribution in [0.2, 0.25) is 0 Å². The Hall–Kier alpha value is -0.0400. The Labute approximate surface area is 84.5 Å². The molecule has 0 unspecified atom stereocenters. The van der Waals surface area contributed by atoms with E-state index in [2.05, 4.69) is 67.3 Å². The van der Waals surface area contributed by atoms with Crippen molar-refractivity contribution in [2.75, 3.05) is 7.05 Å². The van der Waals surface area contributed by atoms with Crippen LogP contribution in [0.15, 0.2) is 0 Å². The normalized spacial score (nSPS) is 15.2. The summed E-state index contributed by atoms with van der Waals surface area (Å²) < 4.78 is 0. The van der Waals surface area contributed by atoms with E-state index in [0.717, 1.165) is 0 Å². The van der Waals surface area contributed by atoms with E-state index in [1.807, 2.05) is 0 Å². The van der Waals surface area contributed by atoms with Crippen LogP contribution >= 0.6 is 0 Å². The number of rotatable bonds is 1. The molecule has 0 bridgehead atoms. The van der Waals surface area contributed by atoms with Crippen molar-refractivity contribution in [3.63, 3.8) is 0 Å². The molecule has 0 aromatic rings. The zero-order chi connectivity index (χ0) is 11.1. The summed E-state index contributed by atoms with van der Waals surface area (Å²) in [4.78, 5) is 2.46. The Kier molecular flexibility index (Phi) is 3.26. The molecular formula is C12H27N. The van der Waals surface area contributed by atoms with E-state index in [1.54, 1.807) is 0 Å². The SMILES string of the molecule is CN(C(C)(C)C)C(C)(C)C(C)(C)C. The molecule has 0 aromatic heterocycles. The van der Waals surface area contributed by atoms with Gasteiger partial charge in [0.1, 0.15) is 0 Å². The predicted molar refractivity (Wildman–Crippen MR) is 61.1 cm³/mol. The molecule has 0 heterocycles. The predicted octanol–water partition coefficient (Wildman–Crippen LogP) is 3.54. The van der Waals surface area contributed by atoms with E-state index in [0.29, 0.717) is 5.41 Å². The van der Waals surface area contributed by atoms with Crippen LogP contribution in [0.5, 0.6) is 0 Å². The van der Waals surface area contributed by atoms with Crippen LogP contribution < -0.4 is 0 Å². The third kappa shape index (κ3) is 2.70. The third-order valence-electron chi connectivity index (χ3n) is 3.68. The fraction of sp³-hybridized carbons (Fsp3) is 1.00. The van der Waals surface area contributed by atoms with Crippen molar-refractivity contribution in [2.24, 2.45) is 5.41 Å². The van der Waals surface area contributed by atoms with Crippen molar-refractivity contribution >= 4 is 0 Å². The zero-order valence-corrected chi connectivity index (χ0v) is 10.9. The van der Waals surface area contributed by atoms with E-state index < -0.39 is 0 Å². The highest BCUT2D eigenvalue weighted by Crippen LogP contribution is 2.37. The fourth-order valence-corrected chi connectivity index (χ4v) is 1.34. The van der Waals surface area contributed by atoms with Crippen molar-refractivity contribution in [2.45, 2.75) is 66.5 Å². The maximum absolute atomic E-state index is 2.46. The first-order valence-corrected chi connectivity index (χ1v) is 5.14. The first-order valence-electron chi connectivity index (χ1n) is 5.14. The third-order valence-corrected chi connectivity index (χ3v) is 3.68. The molecule has 0 aliphatic heterocycles. The molecule has 0 amide bonds. The second-order valence-corrected chi connectivity index (χ2v) is 6.54. The van der Waals surface area contributed by atoms with Gasteiger partial charge in [0.25, 0.3) is 0 Å². The molecule has 1 nitrogen and oxygen atoms in total. The Morgan fingerprint density at radius 1 is 0.692 bits per heavy atom. The van der Waals surface area contributed by atoms with Gasteiger partial charge in [-0.3, -0.25) is 4.90 Å². The topological polar surface area (TPSA) is 3.24 Å². The summed E-state index contributed by atoms with van der Waals surface area (Å²) in [7, 11) is 2.21. The highest BCUT2D eigenvalue weighted by molar-refractivity contribution is 4.95. The Morgan fingerprint density at radius 2 is 1.00 bits per heavy atom. The van der Waals surface area contributed by atoms with E-state index in [-0.39, 0.29) is 11.1 Å². The van der Waals surface area contributed by atoms with Gasteiger partial charge in [0.15, 0.2) is 0 Å². The maximum Gasteiger partial charge on any atom is 0.0203 e. The lowest BCUT2D eigenvalue weighted by Gasteiger charge is -2.51. The van der Waals surface area contributed by atoms with Gasteiger partial charge in [-0.2, -0.15) is 0 Å². The smallest absolute Gasteiger partial charge is 0.0203 e. The first-order chi connectivity index (χ1) is 5.40. The number of nitrogens with zero attached hydrogens (tertiary/aromatic N) is 1. The molecule has 0 rings (SSSR count). The Morgan fingerprint density at radius 3 is 1.08 bits per heavy atom. The van der Waals surface area contributed by atoms with Crippen molar-refractivity contribution in [3.05, 3.63) is 0 Å². The largest absolute Gasteiger partial charge is 0.296 e. The minimum atomic E-state index is 0.214. The van der Waals surface area contributed by atoms with E-state index in [9.17, 15) is 0 Å². The van der Waals surface area contributed by atoms with Crippen molar-refractivity contribution in [3.8, 4) is 0 Å². The fourth-order valence-electron chi connectivity index (χ4n) is 1.34. The molecule has 0 saturated heterocycles. The minimum absolute atomic E-state index is 0.214. The molecular weight excluding hydrogens is 158 g/mol. The average molecular weight is 185 g/mol. The summed E-state index contributed by atoms with van der Waals surface area (Å²) in [6.45, 7) is 18.3. The summed E-state index contributed by atoms with van der Waals surface area (Å²) in [5.41, 5.74) is 0.747. The summed E-state index contributed by atoms with van der Waals surface area (Å²) in [5, 5.41) is 0. The lowest BCUT2D eigenvalue weighted by atomic mass is 9.73. The van der Waals surface area contributed by atoms with Gasteiger partial charge in [-0.1, -0.05) is 20.8 Å². The average Bonchev–Trinajstić information content (AvgIpc) is 1.81. The quantitative estimate of drug-likeness (QED) is 0.604. The molecule has 0 N–H and O–H groups in total. The van der Waals surface area contributed by atoms with Crippen LogP contribution in [0.25, 0.3) is 0 Å². The second-order valence-electron chi connectivity index (χ2n) is 6.54. The van der Waals surface area contributed by atoms with E-state index >= 15 is 0 Å². The maximum atomic E-state index is 2.46. The van der Waals surface area contributed by atoms with E-state index in [1.165, 1.54) is 0 Å². The van der Waals surface area contributed by atoms with Gasteiger partial charge in [-0.25, -0.2) is 0 Å². The molecule has 0 aromatic carbocycles. The van der Waals surface area contributed by atoms with Gasteiger partial charge < -0.3 is 0 Å². The molecule has 0 aliphatic rings. The molecule has 0 atom stereocenters. The molecule has 0 radical (unpaired) electrons. The van der Waals surface area contributed by atoms with Crippen LogP contribution in [0, 0.1) is 5.41 Å². The van der Waals surface area contributed by atoms with Crippen LogP contribution in [0.4, 0.5) is 0 Å².